The predicted molar refractivity (Wildman–Crippen MR) is 78.7 cm³/mol. The monoisotopic (exact) mass is 287 g/mol. The molecule has 3 unspecified atom stereocenters. The van der Waals surface area contributed by atoms with E-state index in [1.807, 2.05) is 0 Å². The van der Waals surface area contributed by atoms with Gasteiger partial charge in [-0.05, 0) is 75.2 Å². The molecule has 1 aliphatic heterocycles. The van der Waals surface area contributed by atoms with Crippen molar-refractivity contribution in [2.75, 3.05) is 6.54 Å². The Morgan fingerprint density at radius 2 is 2.00 bits per heavy atom. The predicted octanol–water partition coefficient (Wildman–Crippen LogP) is 3.35. The zero-order chi connectivity index (χ0) is 14.1. The molecule has 21 heavy (non-hydrogen) atoms. The van der Waals surface area contributed by atoms with Crippen LogP contribution >= 0.6 is 0 Å². The first kappa shape index (κ1) is 12.6. The lowest BCUT2D eigenvalue weighted by atomic mass is 9.44. The van der Waals surface area contributed by atoms with Crippen molar-refractivity contribution >= 4 is 0 Å². The normalized spacial score (nSPS) is 48.1. The highest BCUT2D eigenvalue weighted by Crippen LogP contribution is 2.65. The molecule has 0 aromatic carbocycles. The Kier molecular flexibility index (Phi) is 2.46. The Labute approximate surface area is 126 Å². The van der Waals surface area contributed by atoms with Crippen molar-refractivity contribution in [3.8, 4) is 0 Å². The fraction of sp³-hybridized carbons (Fsp3) is 0.882. The molecule has 1 saturated heterocycles. The Morgan fingerprint density at radius 3 is 2.67 bits per heavy atom. The lowest BCUT2D eigenvalue weighted by molar-refractivity contribution is -0.0724. The third-order valence-electron chi connectivity index (χ3n) is 6.62. The van der Waals surface area contributed by atoms with Crippen LogP contribution < -0.4 is 5.32 Å². The summed E-state index contributed by atoms with van der Waals surface area (Å²) in [5.74, 6) is 3.67. The summed E-state index contributed by atoms with van der Waals surface area (Å²) in [5.41, 5.74) is 0.743. The maximum absolute atomic E-state index is 5.81. The van der Waals surface area contributed by atoms with E-state index in [4.69, 9.17) is 9.51 Å². The molecule has 0 spiro atoms. The van der Waals surface area contributed by atoms with Gasteiger partial charge >= 0.3 is 0 Å². The van der Waals surface area contributed by atoms with Gasteiger partial charge in [0.2, 0.25) is 5.89 Å². The van der Waals surface area contributed by atoms with Crippen LogP contribution in [0.4, 0.5) is 0 Å². The number of hydrogen-bond acceptors (Lipinski definition) is 4. The topological polar surface area (TPSA) is 51.0 Å². The van der Waals surface area contributed by atoms with Crippen LogP contribution in [0.25, 0.3) is 0 Å². The zero-order valence-corrected chi connectivity index (χ0v) is 12.9. The average molecular weight is 287 g/mol. The molecule has 6 rings (SSSR count). The second-order valence-electron chi connectivity index (χ2n) is 8.66. The van der Waals surface area contributed by atoms with Crippen LogP contribution in [0.2, 0.25) is 0 Å². The van der Waals surface area contributed by atoms with E-state index in [9.17, 15) is 0 Å². The molecule has 4 aliphatic carbocycles. The molecule has 5 fully saturated rings. The second-order valence-corrected chi connectivity index (χ2v) is 8.66. The van der Waals surface area contributed by atoms with Crippen LogP contribution in [0.5, 0.6) is 0 Å². The van der Waals surface area contributed by atoms with Crippen molar-refractivity contribution in [1.29, 1.82) is 0 Å². The van der Waals surface area contributed by atoms with Crippen molar-refractivity contribution in [1.82, 2.24) is 15.5 Å². The van der Waals surface area contributed by atoms with Crippen LogP contribution in [0, 0.1) is 17.3 Å². The minimum absolute atomic E-state index is 0.211. The maximum Gasteiger partial charge on any atom is 0.232 e. The Hall–Kier alpha value is -0.900. The fourth-order valence-corrected chi connectivity index (χ4v) is 6.47. The highest BCUT2D eigenvalue weighted by atomic mass is 16.5. The number of aromatic nitrogens is 2. The number of nitrogens with one attached hydrogen (secondary N) is 1. The smallest absolute Gasteiger partial charge is 0.232 e. The van der Waals surface area contributed by atoms with Gasteiger partial charge in [0.05, 0.1) is 11.5 Å². The van der Waals surface area contributed by atoms with E-state index in [0.29, 0.717) is 11.5 Å². The van der Waals surface area contributed by atoms with Gasteiger partial charge in [-0.25, -0.2) is 0 Å². The summed E-state index contributed by atoms with van der Waals surface area (Å²) in [6.45, 7) is 3.58. The SMILES string of the molecule is CC12CC3CC(C1)CC(c1nc(C4CCCN4)no1)(C3)C2. The van der Waals surface area contributed by atoms with Gasteiger partial charge in [0.15, 0.2) is 5.82 Å². The standard InChI is InChI=1S/C17H25N3O/c1-16-6-11-5-12(7-16)9-17(8-11,10-16)15-19-14(20-21-15)13-3-2-4-18-13/h11-13,18H,2-10H2,1H3. The van der Waals surface area contributed by atoms with E-state index in [2.05, 4.69) is 17.4 Å². The van der Waals surface area contributed by atoms with Crippen molar-refractivity contribution in [3.63, 3.8) is 0 Å². The molecule has 114 valence electrons. The van der Waals surface area contributed by atoms with E-state index in [-0.39, 0.29) is 5.41 Å². The number of rotatable bonds is 2. The van der Waals surface area contributed by atoms with Gasteiger partial charge in [-0.3, -0.25) is 0 Å². The molecule has 1 aromatic rings. The summed E-state index contributed by atoms with van der Waals surface area (Å²) in [6, 6.07) is 0.326. The van der Waals surface area contributed by atoms with Crippen molar-refractivity contribution in [3.05, 3.63) is 11.7 Å². The summed E-state index contributed by atoms with van der Waals surface area (Å²) in [6.07, 6.45) is 10.5. The Balaban J connectivity index is 1.49. The maximum atomic E-state index is 5.81. The van der Waals surface area contributed by atoms with Gasteiger partial charge in [-0.1, -0.05) is 12.1 Å². The molecule has 0 radical (unpaired) electrons. The lowest BCUT2D eigenvalue weighted by Crippen LogP contribution is -2.53. The van der Waals surface area contributed by atoms with Gasteiger partial charge in [0.25, 0.3) is 0 Å². The average Bonchev–Trinajstić information content (AvgIpc) is 3.07. The van der Waals surface area contributed by atoms with E-state index in [1.165, 1.54) is 44.9 Å². The van der Waals surface area contributed by atoms with Gasteiger partial charge in [0, 0.05) is 0 Å². The van der Waals surface area contributed by atoms with E-state index >= 15 is 0 Å². The number of nitrogens with zero attached hydrogens (tertiary/aromatic N) is 2. The molecule has 4 saturated carbocycles. The van der Waals surface area contributed by atoms with Gasteiger partial charge in [-0.15, -0.1) is 0 Å². The lowest BCUT2D eigenvalue weighted by Gasteiger charge is -2.59. The quantitative estimate of drug-likeness (QED) is 0.906. The molecule has 1 aromatic heterocycles. The van der Waals surface area contributed by atoms with Gasteiger partial charge in [-0.2, -0.15) is 4.98 Å². The van der Waals surface area contributed by atoms with E-state index in [0.717, 1.165) is 36.5 Å². The molecule has 4 heteroatoms. The second kappa shape index (κ2) is 4.09. The first-order valence-electron chi connectivity index (χ1n) is 8.72. The largest absolute Gasteiger partial charge is 0.339 e. The van der Waals surface area contributed by atoms with Crippen molar-refractivity contribution < 1.29 is 4.52 Å². The zero-order valence-electron chi connectivity index (χ0n) is 12.9. The summed E-state index contributed by atoms with van der Waals surface area (Å²) >= 11 is 0. The first-order valence-corrected chi connectivity index (χ1v) is 8.72. The summed E-state index contributed by atoms with van der Waals surface area (Å²) < 4.78 is 5.81. The van der Waals surface area contributed by atoms with Crippen molar-refractivity contribution in [2.24, 2.45) is 17.3 Å². The molecule has 0 amide bonds. The first-order chi connectivity index (χ1) is 10.1. The highest BCUT2D eigenvalue weighted by molar-refractivity contribution is 5.18. The molecule has 2 heterocycles. The van der Waals surface area contributed by atoms with Crippen LogP contribution in [0.15, 0.2) is 4.52 Å². The molecule has 5 aliphatic rings. The fourth-order valence-electron chi connectivity index (χ4n) is 6.47. The van der Waals surface area contributed by atoms with Crippen LogP contribution in [-0.2, 0) is 5.41 Å². The van der Waals surface area contributed by atoms with E-state index in [1.54, 1.807) is 0 Å². The molecule has 4 nitrogen and oxygen atoms in total. The van der Waals surface area contributed by atoms with E-state index < -0.39 is 0 Å². The minimum atomic E-state index is 0.211. The summed E-state index contributed by atoms with van der Waals surface area (Å²) in [5, 5.41) is 7.81. The summed E-state index contributed by atoms with van der Waals surface area (Å²) in [4.78, 5) is 4.87. The molecule has 3 atom stereocenters. The Bertz CT molecular complexity index is 546. The van der Waals surface area contributed by atoms with Crippen LogP contribution in [-0.4, -0.2) is 16.7 Å². The summed E-state index contributed by atoms with van der Waals surface area (Å²) in [7, 11) is 0. The minimum Gasteiger partial charge on any atom is -0.339 e. The van der Waals surface area contributed by atoms with Crippen LogP contribution in [0.1, 0.15) is 76.0 Å². The molecular weight excluding hydrogens is 262 g/mol. The number of hydrogen-bond donors (Lipinski definition) is 1. The van der Waals surface area contributed by atoms with Crippen LogP contribution in [0.3, 0.4) is 0 Å². The van der Waals surface area contributed by atoms with Crippen molar-refractivity contribution in [2.45, 2.75) is 69.7 Å². The van der Waals surface area contributed by atoms with Gasteiger partial charge in [0.1, 0.15) is 0 Å². The molecule has 1 N–H and O–H groups in total. The third-order valence-corrected chi connectivity index (χ3v) is 6.62. The molecule has 4 bridgehead atoms. The Morgan fingerprint density at radius 1 is 1.19 bits per heavy atom. The van der Waals surface area contributed by atoms with Gasteiger partial charge < -0.3 is 9.84 Å². The third kappa shape index (κ3) is 1.84. The highest BCUT2D eigenvalue weighted by Gasteiger charge is 2.58. The molecular formula is C17H25N3O.